The van der Waals surface area contributed by atoms with Gasteiger partial charge < -0.3 is 5.32 Å². The molecule has 0 bridgehead atoms. The molecule has 0 radical (unpaired) electrons. The molecule has 0 fully saturated rings. The number of nitrogens with one attached hydrogen (secondary N) is 1. The molecule has 0 aliphatic heterocycles. The first-order chi connectivity index (χ1) is 8.26. The molecule has 0 aliphatic rings. The van der Waals surface area contributed by atoms with Gasteiger partial charge in [0.25, 0.3) is 0 Å². The summed E-state index contributed by atoms with van der Waals surface area (Å²) in [5.74, 6) is 1.98. The number of aromatic nitrogens is 3. The highest BCUT2D eigenvalue weighted by Crippen LogP contribution is 2.12. The van der Waals surface area contributed by atoms with Crippen LogP contribution in [0.25, 0.3) is 5.82 Å². The average molecular weight is 230 g/mol. The third-order valence-corrected chi connectivity index (χ3v) is 2.83. The zero-order chi connectivity index (χ0) is 12.3. The summed E-state index contributed by atoms with van der Waals surface area (Å²) in [7, 11) is 1.94. The maximum atomic E-state index is 4.63. The summed E-state index contributed by atoms with van der Waals surface area (Å²) in [6.07, 6.45) is 4.68. The molecular weight excluding hydrogens is 212 g/mol. The first-order valence-electron chi connectivity index (χ1n) is 5.90. The predicted molar refractivity (Wildman–Crippen MR) is 68.2 cm³/mol. The van der Waals surface area contributed by atoms with Crippen molar-refractivity contribution in [3.63, 3.8) is 0 Å². The van der Waals surface area contributed by atoms with Crippen LogP contribution in [-0.2, 0) is 13.0 Å². The standard InChI is InChI=1S/C13H18N4/c1-4-12-15-7-8-17(12)13-6-5-11(9-14-3)10(2)16-13/h5-8,14H,4,9H2,1-3H3. The Kier molecular flexibility index (Phi) is 3.54. The van der Waals surface area contributed by atoms with E-state index in [9.17, 15) is 0 Å². The van der Waals surface area contributed by atoms with Crippen molar-refractivity contribution in [1.82, 2.24) is 19.9 Å². The summed E-state index contributed by atoms with van der Waals surface area (Å²) < 4.78 is 2.04. The Morgan fingerprint density at radius 1 is 1.35 bits per heavy atom. The van der Waals surface area contributed by atoms with E-state index in [-0.39, 0.29) is 0 Å². The number of imidazole rings is 1. The Hall–Kier alpha value is -1.68. The molecular formula is C13H18N4. The van der Waals surface area contributed by atoms with E-state index in [0.717, 1.165) is 30.3 Å². The van der Waals surface area contributed by atoms with Gasteiger partial charge in [0.15, 0.2) is 0 Å². The second kappa shape index (κ2) is 5.10. The number of rotatable bonds is 4. The normalized spacial score (nSPS) is 10.8. The summed E-state index contributed by atoms with van der Waals surface area (Å²) in [6, 6.07) is 4.16. The smallest absolute Gasteiger partial charge is 0.138 e. The summed E-state index contributed by atoms with van der Waals surface area (Å²) in [5, 5.41) is 3.14. The minimum Gasteiger partial charge on any atom is -0.316 e. The van der Waals surface area contributed by atoms with Crippen molar-refractivity contribution in [2.24, 2.45) is 0 Å². The van der Waals surface area contributed by atoms with Crippen molar-refractivity contribution in [3.8, 4) is 5.82 Å². The number of hydrogen-bond donors (Lipinski definition) is 1. The lowest BCUT2D eigenvalue weighted by atomic mass is 10.2. The Bertz CT molecular complexity index is 502. The molecule has 2 rings (SSSR count). The van der Waals surface area contributed by atoms with Crippen LogP contribution in [0.5, 0.6) is 0 Å². The van der Waals surface area contributed by atoms with Crippen LogP contribution in [0.15, 0.2) is 24.5 Å². The molecule has 0 saturated heterocycles. The van der Waals surface area contributed by atoms with E-state index in [2.05, 4.69) is 28.3 Å². The average Bonchev–Trinajstić information content (AvgIpc) is 2.80. The number of nitrogens with zero attached hydrogens (tertiary/aromatic N) is 3. The van der Waals surface area contributed by atoms with E-state index >= 15 is 0 Å². The van der Waals surface area contributed by atoms with Gasteiger partial charge in [0.2, 0.25) is 0 Å². The van der Waals surface area contributed by atoms with Crippen molar-refractivity contribution < 1.29 is 0 Å². The first-order valence-corrected chi connectivity index (χ1v) is 5.90. The van der Waals surface area contributed by atoms with Gasteiger partial charge in [0, 0.05) is 31.1 Å². The van der Waals surface area contributed by atoms with Gasteiger partial charge in [-0.05, 0) is 25.6 Å². The highest BCUT2D eigenvalue weighted by atomic mass is 15.1. The topological polar surface area (TPSA) is 42.7 Å². The van der Waals surface area contributed by atoms with E-state index in [1.807, 2.05) is 37.0 Å². The van der Waals surface area contributed by atoms with Gasteiger partial charge in [-0.2, -0.15) is 0 Å². The van der Waals surface area contributed by atoms with Gasteiger partial charge in [-0.3, -0.25) is 4.57 Å². The SMILES string of the molecule is CCc1nccn1-c1ccc(CNC)c(C)n1. The van der Waals surface area contributed by atoms with Crippen molar-refractivity contribution in [3.05, 3.63) is 41.6 Å². The lowest BCUT2D eigenvalue weighted by Gasteiger charge is -2.09. The number of hydrogen-bond acceptors (Lipinski definition) is 3. The summed E-state index contributed by atoms with van der Waals surface area (Å²) in [6.45, 7) is 4.99. The summed E-state index contributed by atoms with van der Waals surface area (Å²) in [4.78, 5) is 8.94. The van der Waals surface area contributed by atoms with E-state index in [1.165, 1.54) is 5.56 Å². The van der Waals surface area contributed by atoms with Gasteiger partial charge in [-0.25, -0.2) is 9.97 Å². The van der Waals surface area contributed by atoms with E-state index in [0.29, 0.717) is 0 Å². The molecule has 0 amide bonds. The minimum atomic E-state index is 0.851. The van der Waals surface area contributed by atoms with E-state index < -0.39 is 0 Å². The van der Waals surface area contributed by atoms with Crippen LogP contribution in [0, 0.1) is 6.92 Å². The molecule has 90 valence electrons. The molecule has 0 saturated carbocycles. The molecule has 1 N–H and O–H groups in total. The largest absolute Gasteiger partial charge is 0.316 e. The number of aryl methyl sites for hydroxylation is 2. The summed E-state index contributed by atoms with van der Waals surface area (Å²) in [5.41, 5.74) is 2.29. The van der Waals surface area contributed by atoms with Crippen LogP contribution in [0.2, 0.25) is 0 Å². The van der Waals surface area contributed by atoms with Crippen molar-refractivity contribution in [2.45, 2.75) is 26.8 Å². The van der Waals surface area contributed by atoms with E-state index in [4.69, 9.17) is 0 Å². The third-order valence-electron chi connectivity index (χ3n) is 2.83. The van der Waals surface area contributed by atoms with E-state index in [1.54, 1.807) is 0 Å². The maximum Gasteiger partial charge on any atom is 0.138 e. The molecule has 2 aromatic heterocycles. The molecule has 2 aromatic rings. The molecule has 0 spiro atoms. The first kappa shape index (κ1) is 11.8. The lowest BCUT2D eigenvalue weighted by Crippen LogP contribution is -2.09. The Labute approximate surface area is 102 Å². The molecule has 4 nitrogen and oxygen atoms in total. The summed E-state index contributed by atoms with van der Waals surface area (Å²) >= 11 is 0. The highest BCUT2D eigenvalue weighted by molar-refractivity contribution is 5.31. The van der Waals surface area contributed by atoms with Crippen LogP contribution in [0.4, 0.5) is 0 Å². The van der Waals surface area contributed by atoms with Crippen LogP contribution in [0.1, 0.15) is 24.0 Å². The predicted octanol–water partition coefficient (Wildman–Crippen LogP) is 1.86. The quantitative estimate of drug-likeness (QED) is 0.871. The fourth-order valence-electron chi connectivity index (χ4n) is 1.89. The Morgan fingerprint density at radius 3 is 2.82 bits per heavy atom. The molecule has 4 heteroatoms. The van der Waals surface area contributed by atoms with Crippen LogP contribution < -0.4 is 5.32 Å². The lowest BCUT2D eigenvalue weighted by molar-refractivity contribution is 0.796. The van der Waals surface area contributed by atoms with Gasteiger partial charge in [0.1, 0.15) is 11.6 Å². The molecule has 0 unspecified atom stereocenters. The third kappa shape index (κ3) is 2.36. The van der Waals surface area contributed by atoms with Crippen LogP contribution in [0.3, 0.4) is 0 Å². The van der Waals surface area contributed by atoms with Gasteiger partial charge >= 0.3 is 0 Å². The Morgan fingerprint density at radius 2 is 2.18 bits per heavy atom. The molecule has 0 aromatic carbocycles. The monoisotopic (exact) mass is 230 g/mol. The van der Waals surface area contributed by atoms with Gasteiger partial charge in [0.05, 0.1) is 0 Å². The fraction of sp³-hybridized carbons (Fsp3) is 0.385. The zero-order valence-corrected chi connectivity index (χ0v) is 10.6. The molecule has 0 aliphatic carbocycles. The zero-order valence-electron chi connectivity index (χ0n) is 10.6. The second-order valence-corrected chi connectivity index (χ2v) is 4.01. The fourth-order valence-corrected chi connectivity index (χ4v) is 1.89. The van der Waals surface area contributed by atoms with Crippen LogP contribution >= 0.6 is 0 Å². The molecule has 0 atom stereocenters. The van der Waals surface area contributed by atoms with Gasteiger partial charge in [-0.15, -0.1) is 0 Å². The van der Waals surface area contributed by atoms with Crippen molar-refractivity contribution in [1.29, 1.82) is 0 Å². The molecule has 17 heavy (non-hydrogen) atoms. The maximum absolute atomic E-state index is 4.63. The van der Waals surface area contributed by atoms with Crippen molar-refractivity contribution >= 4 is 0 Å². The highest BCUT2D eigenvalue weighted by Gasteiger charge is 2.06. The van der Waals surface area contributed by atoms with Crippen LogP contribution in [-0.4, -0.2) is 21.6 Å². The number of pyridine rings is 1. The van der Waals surface area contributed by atoms with Gasteiger partial charge in [-0.1, -0.05) is 13.0 Å². The van der Waals surface area contributed by atoms with Crippen molar-refractivity contribution in [2.75, 3.05) is 7.05 Å². The Balaban J connectivity index is 2.37. The molecule has 2 heterocycles. The minimum absolute atomic E-state index is 0.851. The second-order valence-electron chi connectivity index (χ2n) is 4.01.